The van der Waals surface area contributed by atoms with Crippen LogP contribution < -0.4 is 5.32 Å². The van der Waals surface area contributed by atoms with Crippen LogP contribution in [0.2, 0.25) is 0 Å². The molecule has 0 bridgehead atoms. The van der Waals surface area contributed by atoms with E-state index >= 15 is 0 Å². The first-order valence-corrected chi connectivity index (χ1v) is 4.70. The second-order valence-corrected chi connectivity index (χ2v) is 3.31. The molecule has 0 saturated carbocycles. The quantitative estimate of drug-likeness (QED) is 0.752. The molecule has 0 unspecified atom stereocenters. The molecule has 96 valence electrons. The molecular formula is C9H12F2N2O4. The Hall–Kier alpha value is -1.54. The number of nitrogens with zero attached hydrogens (tertiary/aromatic N) is 1. The van der Waals surface area contributed by atoms with Crippen LogP contribution in [-0.4, -0.2) is 42.4 Å². The summed E-state index contributed by atoms with van der Waals surface area (Å²) < 4.78 is 34.7. The third-order valence-corrected chi connectivity index (χ3v) is 1.82. The van der Waals surface area contributed by atoms with Gasteiger partial charge in [0.15, 0.2) is 11.5 Å². The molecule has 17 heavy (non-hydrogen) atoms. The van der Waals surface area contributed by atoms with Crippen molar-refractivity contribution in [1.29, 1.82) is 0 Å². The molecule has 1 heterocycles. The monoisotopic (exact) mass is 250 g/mol. The zero-order valence-corrected chi connectivity index (χ0v) is 9.07. The van der Waals surface area contributed by atoms with E-state index in [1.807, 2.05) is 5.32 Å². The van der Waals surface area contributed by atoms with Crippen molar-refractivity contribution < 1.29 is 27.9 Å². The standard InChI is InChI=1S/C9H12F2N2O4/c1-16-3-6-2-7(13-17-6)8(15)12-4-9(10,11)5-14/h2,14H,3-5H2,1H3,(H,12,15). The number of methoxy groups -OCH3 is 1. The third-order valence-electron chi connectivity index (χ3n) is 1.82. The highest BCUT2D eigenvalue weighted by atomic mass is 19.3. The van der Waals surface area contributed by atoms with Crippen molar-refractivity contribution in [3.8, 4) is 0 Å². The lowest BCUT2D eigenvalue weighted by molar-refractivity contribution is -0.0462. The van der Waals surface area contributed by atoms with Crippen LogP contribution in [0.15, 0.2) is 10.6 Å². The second kappa shape index (κ2) is 5.69. The van der Waals surface area contributed by atoms with Crippen molar-refractivity contribution in [1.82, 2.24) is 10.5 Å². The van der Waals surface area contributed by atoms with Gasteiger partial charge in [-0.2, -0.15) is 0 Å². The summed E-state index contributed by atoms with van der Waals surface area (Å²) in [6, 6.07) is 1.29. The number of hydrogen-bond donors (Lipinski definition) is 2. The zero-order valence-electron chi connectivity index (χ0n) is 9.07. The number of halogens is 2. The van der Waals surface area contributed by atoms with E-state index in [4.69, 9.17) is 14.4 Å². The van der Waals surface area contributed by atoms with Gasteiger partial charge in [-0.15, -0.1) is 0 Å². The molecular weight excluding hydrogens is 238 g/mol. The molecule has 0 aliphatic rings. The van der Waals surface area contributed by atoms with Crippen LogP contribution in [0.5, 0.6) is 0 Å². The van der Waals surface area contributed by atoms with E-state index in [1.54, 1.807) is 0 Å². The van der Waals surface area contributed by atoms with E-state index in [9.17, 15) is 13.6 Å². The molecule has 0 saturated heterocycles. The van der Waals surface area contributed by atoms with Gasteiger partial charge in [0, 0.05) is 13.2 Å². The minimum absolute atomic E-state index is 0.120. The van der Waals surface area contributed by atoms with E-state index in [0.29, 0.717) is 5.76 Å². The normalized spacial score (nSPS) is 11.5. The van der Waals surface area contributed by atoms with Gasteiger partial charge in [-0.25, -0.2) is 8.78 Å². The van der Waals surface area contributed by atoms with E-state index in [0.717, 1.165) is 0 Å². The van der Waals surface area contributed by atoms with Crippen molar-refractivity contribution in [2.75, 3.05) is 20.3 Å². The molecule has 1 aromatic heterocycles. The highest BCUT2D eigenvalue weighted by molar-refractivity contribution is 5.92. The van der Waals surface area contributed by atoms with Gasteiger partial charge in [0.25, 0.3) is 11.8 Å². The Morgan fingerprint density at radius 3 is 3.00 bits per heavy atom. The fraction of sp³-hybridized carbons (Fsp3) is 0.556. The minimum Gasteiger partial charge on any atom is -0.390 e. The molecule has 1 aromatic rings. The topological polar surface area (TPSA) is 84.6 Å². The summed E-state index contributed by atoms with van der Waals surface area (Å²) in [5.74, 6) is -3.84. The van der Waals surface area contributed by atoms with Crippen LogP contribution in [0, 0.1) is 0 Å². The summed E-state index contributed by atoms with van der Waals surface area (Å²) in [5.41, 5.74) is -0.120. The average molecular weight is 250 g/mol. The molecule has 0 atom stereocenters. The summed E-state index contributed by atoms with van der Waals surface area (Å²) >= 11 is 0. The SMILES string of the molecule is COCc1cc(C(=O)NCC(F)(F)CO)no1. The first-order valence-electron chi connectivity index (χ1n) is 4.70. The van der Waals surface area contributed by atoms with Gasteiger partial charge >= 0.3 is 0 Å². The first kappa shape index (κ1) is 13.5. The van der Waals surface area contributed by atoms with Gasteiger partial charge in [-0.1, -0.05) is 5.16 Å². The summed E-state index contributed by atoms with van der Waals surface area (Å²) in [4.78, 5) is 11.3. The molecule has 0 aliphatic heterocycles. The summed E-state index contributed by atoms with van der Waals surface area (Å²) in [6.07, 6.45) is 0. The first-order chi connectivity index (χ1) is 7.98. The molecule has 0 radical (unpaired) electrons. The van der Waals surface area contributed by atoms with Gasteiger partial charge in [0.05, 0.1) is 6.54 Å². The Bertz CT molecular complexity index is 381. The molecule has 0 aliphatic carbocycles. The lowest BCUT2D eigenvalue weighted by Crippen LogP contribution is -2.39. The third kappa shape index (κ3) is 4.08. The smallest absolute Gasteiger partial charge is 0.287 e. The number of aliphatic hydroxyl groups is 1. The maximum Gasteiger partial charge on any atom is 0.287 e. The van der Waals surface area contributed by atoms with Crippen LogP contribution in [0.4, 0.5) is 8.78 Å². The van der Waals surface area contributed by atoms with Crippen LogP contribution >= 0.6 is 0 Å². The maximum absolute atomic E-state index is 12.6. The summed E-state index contributed by atoms with van der Waals surface area (Å²) in [7, 11) is 1.43. The number of carbonyl (C=O) groups is 1. The van der Waals surface area contributed by atoms with Crippen molar-refractivity contribution in [2.24, 2.45) is 0 Å². The number of rotatable bonds is 6. The van der Waals surface area contributed by atoms with Gasteiger partial charge in [0.2, 0.25) is 0 Å². The molecule has 2 N–H and O–H groups in total. The number of aromatic nitrogens is 1. The van der Waals surface area contributed by atoms with Crippen molar-refractivity contribution in [3.05, 3.63) is 17.5 Å². The second-order valence-electron chi connectivity index (χ2n) is 3.31. The fourth-order valence-corrected chi connectivity index (χ4v) is 0.986. The van der Waals surface area contributed by atoms with E-state index in [1.165, 1.54) is 13.2 Å². The highest BCUT2D eigenvalue weighted by Gasteiger charge is 2.28. The van der Waals surface area contributed by atoms with Crippen LogP contribution in [-0.2, 0) is 11.3 Å². The molecule has 1 rings (SSSR count). The predicted octanol–water partition coefficient (Wildman–Crippen LogP) is 0.178. The number of hydrogen-bond acceptors (Lipinski definition) is 5. The average Bonchev–Trinajstić information content (AvgIpc) is 2.75. The van der Waals surface area contributed by atoms with Crippen LogP contribution in [0.1, 0.15) is 16.2 Å². The predicted molar refractivity (Wildman–Crippen MR) is 51.6 cm³/mol. The van der Waals surface area contributed by atoms with Gasteiger partial charge in [0.1, 0.15) is 13.2 Å². The van der Waals surface area contributed by atoms with E-state index in [2.05, 4.69) is 5.16 Å². The number of aliphatic hydroxyl groups excluding tert-OH is 1. The number of ether oxygens (including phenoxy) is 1. The molecule has 1 amide bonds. The van der Waals surface area contributed by atoms with E-state index < -0.39 is 25.0 Å². The summed E-state index contributed by atoms with van der Waals surface area (Å²) in [5, 5.41) is 13.6. The van der Waals surface area contributed by atoms with Crippen molar-refractivity contribution in [2.45, 2.75) is 12.5 Å². The number of carbonyl (C=O) groups excluding carboxylic acids is 1. The Labute approximate surface area is 95.5 Å². The lowest BCUT2D eigenvalue weighted by atomic mass is 10.3. The maximum atomic E-state index is 12.6. The Morgan fingerprint density at radius 2 is 2.41 bits per heavy atom. The van der Waals surface area contributed by atoms with Crippen molar-refractivity contribution in [3.63, 3.8) is 0 Å². The molecule has 6 nitrogen and oxygen atoms in total. The van der Waals surface area contributed by atoms with E-state index in [-0.39, 0.29) is 12.3 Å². The van der Waals surface area contributed by atoms with Crippen molar-refractivity contribution >= 4 is 5.91 Å². The molecule has 0 aromatic carbocycles. The molecule has 8 heteroatoms. The van der Waals surface area contributed by atoms with Gasteiger partial charge in [-0.05, 0) is 0 Å². The Morgan fingerprint density at radius 1 is 1.71 bits per heavy atom. The number of amides is 1. The fourth-order valence-electron chi connectivity index (χ4n) is 0.986. The van der Waals surface area contributed by atoms with Crippen LogP contribution in [0.25, 0.3) is 0 Å². The number of alkyl halides is 2. The highest BCUT2D eigenvalue weighted by Crippen LogP contribution is 2.10. The van der Waals surface area contributed by atoms with Gasteiger partial charge < -0.3 is 19.7 Å². The lowest BCUT2D eigenvalue weighted by Gasteiger charge is -2.12. The number of nitrogens with one attached hydrogen (secondary N) is 1. The molecule has 0 spiro atoms. The largest absolute Gasteiger partial charge is 0.390 e. The zero-order chi connectivity index (χ0) is 12.9. The van der Waals surface area contributed by atoms with Gasteiger partial charge in [-0.3, -0.25) is 4.79 Å². The Balaban J connectivity index is 2.52. The molecule has 0 fully saturated rings. The Kier molecular flexibility index (Phi) is 4.53. The minimum atomic E-state index is -3.35. The van der Waals surface area contributed by atoms with Crippen LogP contribution in [0.3, 0.4) is 0 Å². The summed E-state index contributed by atoms with van der Waals surface area (Å²) in [6.45, 7) is -2.16.